The molecule has 1 heterocycles. The molecule has 25 heavy (non-hydrogen) atoms. The van der Waals surface area contributed by atoms with Gasteiger partial charge in [0.05, 0.1) is 15.8 Å². The average Bonchev–Trinajstić information content (AvgIpc) is 2.94. The largest absolute Gasteiger partial charge is 0.355 e. The topological polar surface area (TPSA) is 37.3 Å². The Morgan fingerprint density at radius 1 is 1.32 bits per heavy atom. The lowest BCUT2D eigenvalue weighted by molar-refractivity contribution is -0.118. The van der Waals surface area contributed by atoms with E-state index >= 15 is 0 Å². The van der Waals surface area contributed by atoms with Crippen LogP contribution in [0.4, 0.5) is 0 Å². The summed E-state index contributed by atoms with van der Waals surface area (Å²) in [7, 11) is 2.11. The third kappa shape index (κ3) is 5.30. The minimum Gasteiger partial charge on any atom is -0.355 e. The zero-order valence-electron chi connectivity index (χ0n) is 14.9. The highest BCUT2D eigenvalue weighted by molar-refractivity contribution is 7.81. The summed E-state index contributed by atoms with van der Waals surface area (Å²) in [6.45, 7) is 6.76. The molecule has 0 saturated heterocycles. The highest BCUT2D eigenvalue weighted by Crippen LogP contribution is 2.28. The monoisotopic (exact) mass is 401 g/mol. The molecule has 2 rings (SSSR count). The molecule has 0 unspecified atom stereocenters. The molecule has 7 heteroatoms. The van der Waals surface area contributed by atoms with Crippen molar-refractivity contribution in [3.05, 3.63) is 34.4 Å². The molecule has 1 amide bonds. The van der Waals surface area contributed by atoms with Gasteiger partial charge in [0.2, 0.25) is 5.91 Å². The van der Waals surface area contributed by atoms with Crippen LogP contribution in [0.25, 0.3) is 10.9 Å². The quantitative estimate of drug-likeness (QED) is 0.653. The Kier molecular flexibility index (Phi) is 7.09. The smallest absolute Gasteiger partial charge is 0.229 e. The lowest BCUT2D eigenvalue weighted by atomic mass is 9.98. The van der Waals surface area contributed by atoms with Gasteiger partial charge in [0.1, 0.15) is 0 Å². The molecule has 0 fully saturated rings. The van der Waals surface area contributed by atoms with Crippen LogP contribution in [-0.2, 0) is 11.3 Å². The van der Waals surface area contributed by atoms with Gasteiger partial charge >= 0.3 is 0 Å². The molecule has 0 aliphatic rings. The molecule has 1 aromatic carbocycles. The van der Waals surface area contributed by atoms with Crippen molar-refractivity contribution in [3.63, 3.8) is 0 Å². The molecule has 0 aliphatic heterocycles. The second kappa shape index (κ2) is 8.67. The standard InChI is InChI=1S/C18H25Cl2N3OS/c1-18(2,5-6-21-17(24)12-25)22(3)8-9-23-7-4-13-10-14(19)15(20)11-16(13)23/h4,7,10-11,25H,5-6,8-9,12H2,1-3H3,(H,21,24). The number of hydrogen-bond donors (Lipinski definition) is 2. The molecule has 138 valence electrons. The summed E-state index contributed by atoms with van der Waals surface area (Å²) in [4.78, 5) is 13.6. The van der Waals surface area contributed by atoms with Crippen LogP contribution in [0.1, 0.15) is 20.3 Å². The molecule has 1 N–H and O–H groups in total. The molecule has 0 aliphatic carbocycles. The first-order valence-corrected chi connectivity index (χ1v) is 9.66. The molecular weight excluding hydrogens is 377 g/mol. The van der Waals surface area contributed by atoms with Gasteiger partial charge in [-0.25, -0.2) is 0 Å². The maximum Gasteiger partial charge on any atom is 0.229 e. The number of benzene rings is 1. The number of nitrogens with one attached hydrogen (secondary N) is 1. The Labute approximate surface area is 164 Å². The van der Waals surface area contributed by atoms with Crippen LogP contribution in [0, 0.1) is 0 Å². The van der Waals surface area contributed by atoms with Gasteiger partial charge in [-0.3, -0.25) is 9.69 Å². The van der Waals surface area contributed by atoms with Crippen molar-refractivity contribution in [2.75, 3.05) is 25.9 Å². The van der Waals surface area contributed by atoms with Crippen molar-refractivity contribution in [1.82, 2.24) is 14.8 Å². The Morgan fingerprint density at radius 3 is 2.68 bits per heavy atom. The van der Waals surface area contributed by atoms with Crippen LogP contribution < -0.4 is 5.32 Å². The first-order valence-electron chi connectivity index (χ1n) is 8.27. The van der Waals surface area contributed by atoms with Crippen LogP contribution >= 0.6 is 35.8 Å². The summed E-state index contributed by atoms with van der Waals surface area (Å²) in [6, 6.07) is 5.86. The van der Waals surface area contributed by atoms with E-state index in [-0.39, 0.29) is 17.2 Å². The van der Waals surface area contributed by atoms with Gasteiger partial charge in [0.25, 0.3) is 0 Å². The predicted octanol–water partition coefficient (Wildman–Crippen LogP) is 4.09. The van der Waals surface area contributed by atoms with Crippen LogP contribution in [0.3, 0.4) is 0 Å². The first kappa shape index (κ1) is 20.4. The summed E-state index contributed by atoms with van der Waals surface area (Å²) in [5, 5.41) is 5.11. The number of thiol groups is 1. The number of likely N-dealkylation sites (N-methyl/N-ethyl adjacent to an activating group) is 1. The number of halogens is 2. The first-order chi connectivity index (χ1) is 11.7. The van der Waals surface area contributed by atoms with E-state index in [0.717, 1.165) is 30.4 Å². The number of hydrogen-bond acceptors (Lipinski definition) is 3. The number of carbonyl (C=O) groups excluding carboxylic acids is 1. The van der Waals surface area contributed by atoms with Crippen LogP contribution in [0.2, 0.25) is 10.0 Å². The number of rotatable bonds is 8. The normalized spacial score (nSPS) is 12.1. The van der Waals surface area contributed by atoms with Crippen molar-refractivity contribution < 1.29 is 4.79 Å². The molecule has 0 radical (unpaired) electrons. The van der Waals surface area contributed by atoms with E-state index in [4.69, 9.17) is 23.2 Å². The highest BCUT2D eigenvalue weighted by Gasteiger charge is 2.23. The van der Waals surface area contributed by atoms with Gasteiger partial charge in [-0.1, -0.05) is 23.2 Å². The number of fused-ring (bicyclic) bond motifs is 1. The fourth-order valence-corrected chi connectivity index (χ4v) is 3.14. The molecule has 0 bridgehead atoms. The molecule has 0 spiro atoms. The van der Waals surface area contributed by atoms with Crippen LogP contribution in [0.5, 0.6) is 0 Å². The predicted molar refractivity (Wildman–Crippen MR) is 110 cm³/mol. The number of nitrogens with zero attached hydrogens (tertiary/aromatic N) is 2. The van der Waals surface area contributed by atoms with Crippen LogP contribution in [0.15, 0.2) is 24.4 Å². The third-order valence-electron chi connectivity index (χ3n) is 4.73. The minimum absolute atomic E-state index is 0.0201. The Bertz CT molecular complexity index is 745. The minimum atomic E-state index is -0.0314. The summed E-state index contributed by atoms with van der Waals surface area (Å²) in [6.07, 6.45) is 2.93. The van der Waals surface area contributed by atoms with Crippen molar-refractivity contribution in [3.8, 4) is 0 Å². The summed E-state index contributed by atoms with van der Waals surface area (Å²) < 4.78 is 2.19. The fraction of sp³-hybridized carbons (Fsp3) is 0.500. The van der Waals surface area contributed by atoms with Gasteiger partial charge in [-0.15, -0.1) is 0 Å². The highest BCUT2D eigenvalue weighted by atomic mass is 35.5. The number of amides is 1. The van der Waals surface area contributed by atoms with Crippen molar-refractivity contribution >= 4 is 52.6 Å². The summed E-state index contributed by atoms with van der Waals surface area (Å²) in [5.74, 6) is 0.194. The van der Waals surface area contributed by atoms with E-state index in [2.05, 4.69) is 60.6 Å². The Balaban J connectivity index is 1.95. The SMILES string of the molecule is CN(CCn1ccc2cc(Cl)c(Cl)cc21)C(C)(C)CCNC(=O)CS. The molecular formula is C18H25Cl2N3OS. The fourth-order valence-electron chi connectivity index (χ4n) is 2.69. The summed E-state index contributed by atoms with van der Waals surface area (Å²) >= 11 is 16.2. The van der Waals surface area contributed by atoms with E-state index in [1.54, 1.807) is 0 Å². The second-order valence-electron chi connectivity index (χ2n) is 6.83. The van der Waals surface area contributed by atoms with Crippen molar-refractivity contribution in [2.45, 2.75) is 32.4 Å². The van der Waals surface area contributed by atoms with E-state index in [1.165, 1.54) is 0 Å². The van der Waals surface area contributed by atoms with E-state index < -0.39 is 0 Å². The maximum absolute atomic E-state index is 11.3. The molecule has 1 aromatic heterocycles. The molecule has 2 aromatic rings. The maximum atomic E-state index is 11.3. The third-order valence-corrected chi connectivity index (χ3v) is 5.73. The lowest BCUT2D eigenvalue weighted by Crippen LogP contribution is -2.45. The Morgan fingerprint density at radius 2 is 2.00 bits per heavy atom. The average molecular weight is 402 g/mol. The van der Waals surface area contributed by atoms with Gasteiger partial charge in [-0.2, -0.15) is 12.6 Å². The van der Waals surface area contributed by atoms with Gasteiger partial charge in [-0.05, 0) is 45.5 Å². The lowest BCUT2D eigenvalue weighted by Gasteiger charge is -2.36. The van der Waals surface area contributed by atoms with E-state index in [0.29, 0.717) is 16.6 Å². The Hall–Kier alpha value is -0.880. The number of aromatic nitrogens is 1. The number of carbonyl (C=O) groups is 1. The van der Waals surface area contributed by atoms with Gasteiger partial charge in [0.15, 0.2) is 0 Å². The molecule has 0 saturated carbocycles. The molecule has 4 nitrogen and oxygen atoms in total. The van der Waals surface area contributed by atoms with Gasteiger partial charge in [0, 0.05) is 42.3 Å². The zero-order valence-corrected chi connectivity index (χ0v) is 17.3. The van der Waals surface area contributed by atoms with E-state index in [9.17, 15) is 4.79 Å². The van der Waals surface area contributed by atoms with E-state index in [1.807, 2.05) is 12.1 Å². The summed E-state index contributed by atoms with van der Waals surface area (Å²) in [5.41, 5.74) is 1.06. The molecule has 0 atom stereocenters. The van der Waals surface area contributed by atoms with Crippen molar-refractivity contribution in [2.24, 2.45) is 0 Å². The zero-order chi connectivity index (χ0) is 18.6. The second-order valence-corrected chi connectivity index (χ2v) is 7.96. The van der Waals surface area contributed by atoms with Crippen LogP contribution in [-0.4, -0.2) is 46.8 Å². The van der Waals surface area contributed by atoms with Crippen molar-refractivity contribution in [1.29, 1.82) is 0 Å². The van der Waals surface area contributed by atoms with Gasteiger partial charge < -0.3 is 9.88 Å².